The number of rotatable bonds is 10. The highest BCUT2D eigenvalue weighted by Gasteiger charge is 2.41. The molecule has 0 spiro atoms. The number of carbonyl (C=O) groups excluding carboxylic acids is 1. The van der Waals surface area contributed by atoms with Gasteiger partial charge in [0.25, 0.3) is 0 Å². The molecule has 0 aromatic rings. The van der Waals surface area contributed by atoms with Crippen LogP contribution in [0.3, 0.4) is 0 Å². The second-order valence-corrected chi connectivity index (χ2v) is 6.43. The van der Waals surface area contributed by atoms with Gasteiger partial charge in [0.1, 0.15) is 6.29 Å². The van der Waals surface area contributed by atoms with E-state index in [9.17, 15) is 4.79 Å². The Morgan fingerprint density at radius 2 is 1.74 bits per heavy atom. The third kappa shape index (κ3) is 5.34. The van der Waals surface area contributed by atoms with Crippen molar-refractivity contribution in [3.05, 3.63) is 24.3 Å². The molecule has 0 rings (SSSR count). The van der Waals surface area contributed by atoms with Crippen LogP contribution in [-0.2, 0) is 4.79 Å². The van der Waals surface area contributed by atoms with Crippen molar-refractivity contribution in [2.75, 3.05) is 0 Å². The van der Waals surface area contributed by atoms with Crippen LogP contribution >= 0.6 is 0 Å². The number of hydrogen-bond donors (Lipinski definition) is 0. The Morgan fingerprint density at radius 1 is 1.11 bits per heavy atom. The van der Waals surface area contributed by atoms with Gasteiger partial charge in [-0.2, -0.15) is 0 Å². The van der Waals surface area contributed by atoms with E-state index in [0.29, 0.717) is 0 Å². The van der Waals surface area contributed by atoms with Crippen molar-refractivity contribution < 1.29 is 4.79 Å². The summed E-state index contributed by atoms with van der Waals surface area (Å²) in [4.78, 5) is 11.7. The van der Waals surface area contributed by atoms with Crippen molar-refractivity contribution in [1.29, 1.82) is 0 Å². The van der Waals surface area contributed by atoms with Crippen LogP contribution in [0.4, 0.5) is 0 Å². The fourth-order valence-electron chi connectivity index (χ4n) is 2.50. The van der Waals surface area contributed by atoms with Gasteiger partial charge in [0.05, 0.1) is 0 Å². The molecule has 0 aromatic heterocycles. The molecule has 0 radical (unpaired) electrons. The van der Waals surface area contributed by atoms with Crippen LogP contribution in [0.2, 0.25) is 0 Å². The second kappa shape index (κ2) is 8.35. The van der Waals surface area contributed by atoms with Gasteiger partial charge in [-0.05, 0) is 38.5 Å². The topological polar surface area (TPSA) is 17.1 Å². The van der Waals surface area contributed by atoms with E-state index in [0.717, 1.165) is 32.0 Å². The second-order valence-electron chi connectivity index (χ2n) is 6.43. The van der Waals surface area contributed by atoms with Gasteiger partial charge in [-0.3, -0.25) is 0 Å². The largest absolute Gasteiger partial charge is 0.303 e. The molecule has 0 aromatic carbocycles. The maximum atomic E-state index is 11.7. The molecule has 0 fully saturated rings. The first-order valence-corrected chi connectivity index (χ1v) is 7.58. The molecule has 0 aliphatic rings. The predicted molar refractivity (Wildman–Crippen MR) is 85.3 cm³/mol. The zero-order valence-electron chi connectivity index (χ0n) is 13.6. The highest BCUT2D eigenvalue weighted by molar-refractivity contribution is 5.61. The van der Waals surface area contributed by atoms with Crippen molar-refractivity contribution in [2.24, 2.45) is 10.8 Å². The Balaban J connectivity index is 4.85. The molecule has 110 valence electrons. The van der Waals surface area contributed by atoms with E-state index >= 15 is 0 Å². The summed E-state index contributed by atoms with van der Waals surface area (Å²) in [6.07, 6.45) is 11.9. The van der Waals surface area contributed by atoms with E-state index in [1.807, 2.05) is 6.08 Å². The number of hydrogen-bond acceptors (Lipinski definition) is 1. The average molecular weight is 264 g/mol. The molecule has 0 aliphatic carbocycles. The fraction of sp³-hybridized carbons (Fsp3) is 0.722. The van der Waals surface area contributed by atoms with Crippen LogP contribution in [0.1, 0.15) is 73.1 Å². The molecule has 0 aliphatic heterocycles. The Hall–Kier alpha value is -0.850. The van der Waals surface area contributed by atoms with E-state index in [-0.39, 0.29) is 10.8 Å². The van der Waals surface area contributed by atoms with Crippen molar-refractivity contribution in [3.8, 4) is 0 Å². The highest BCUT2D eigenvalue weighted by atomic mass is 16.1. The minimum absolute atomic E-state index is 0.117. The predicted octanol–water partition coefficient (Wildman–Crippen LogP) is 5.71. The van der Waals surface area contributed by atoms with Gasteiger partial charge < -0.3 is 4.79 Å². The van der Waals surface area contributed by atoms with E-state index in [1.165, 1.54) is 18.4 Å². The molecular formula is C18H32O. The first kappa shape index (κ1) is 18.1. The normalized spacial score (nSPS) is 17.1. The van der Waals surface area contributed by atoms with Gasteiger partial charge in [0, 0.05) is 5.41 Å². The summed E-state index contributed by atoms with van der Waals surface area (Å²) in [6.45, 7) is 14.7. The molecular weight excluding hydrogens is 232 g/mol. The van der Waals surface area contributed by atoms with Crippen LogP contribution < -0.4 is 0 Å². The minimum Gasteiger partial charge on any atom is -0.303 e. The van der Waals surface area contributed by atoms with Crippen LogP contribution in [-0.4, -0.2) is 6.29 Å². The molecule has 1 heteroatoms. The maximum Gasteiger partial charge on any atom is 0.126 e. The van der Waals surface area contributed by atoms with Crippen LogP contribution in [0.15, 0.2) is 24.3 Å². The maximum absolute atomic E-state index is 11.7. The summed E-state index contributed by atoms with van der Waals surface area (Å²) in [7, 11) is 0. The summed E-state index contributed by atoms with van der Waals surface area (Å²) in [5.74, 6) is 0. The van der Waals surface area contributed by atoms with Gasteiger partial charge in [-0.15, -0.1) is 6.58 Å². The summed E-state index contributed by atoms with van der Waals surface area (Å²) in [5, 5.41) is 0. The SMILES string of the molecule is C=C[C@](C)(CCC=C(C)C)[C@](C)(C=O)CCCCC. The van der Waals surface area contributed by atoms with Crippen molar-refractivity contribution in [2.45, 2.75) is 73.1 Å². The van der Waals surface area contributed by atoms with Crippen molar-refractivity contribution in [1.82, 2.24) is 0 Å². The van der Waals surface area contributed by atoms with Crippen LogP contribution in [0.5, 0.6) is 0 Å². The summed E-state index contributed by atoms with van der Waals surface area (Å²) >= 11 is 0. The van der Waals surface area contributed by atoms with Gasteiger partial charge in [0.15, 0.2) is 0 Å². The molecule has 0 bridgehead atoms. The zero-order valence-corrected chi connectivity index (χ0v) is 13.6. The van der Waals surface area contributed by atoms with E-state index in [2.05, 4.69) is 47.3 Å². The number of aldehydes is 1. The molecule has 0 N–H and O–H groups in total. The summed E-state index contributed by atoms with van der Waals surface area (Å²) < 4.78 is 0. The lowest BCUT2D eigenvalue weighted by Crippen LogP contribution is -2.37. The van der Waals surface area contributed by atoms with Crippen molar-refractivity contribution in [3.63, 3.8) is 0 Å². The standard InChI is InChI=1S/C18H32O/c1-7-9-10-13-18(6,15-19)17(5,8-2)14-11-12-16(3)4/h8,12,15H,2,7,9-11,13-14H2,1,3-6H3/t17-,18+/m1/s1. The average Bonchev–Trinajstić information content (AvgIpc) is 2.37. The Kier molecular flexibility index (Phi) is 7.97. The number of allylic oxidation sites excluding steroid dienone is 3. The Labute approximate surface area is 120 Å². The lowest BCUT2D eigenvalue weighted by Gasteiger charge is -2.41. The zero-order chi connectivity index (χ0) is 14.9. The molecule has 1 nitrogen and oxygen atoms in total. The molecule has 0 saturated heterocycles. The molecule has 19 heavy (non-hydrogen) atoms. The van der Waals surface area contributed by atoms with Crippen molar-refractivity contribution >= 4 is 6.29 Å². The number of unbranched alkanes of at least 4 members (excludes halogenated alkanes) is 2. The third-order valence-corrected chi connectivity index (χ3v) is 4.53. The molecule has 0 saturated carbocycles. The van der Waals surface area contributed by atoms with Crippen LogP contribution in [0.25, 0.3) is 0 Å². The van der Waals surface area contributed by atoms with E-state index in [4.69, 9.17) is 0 Å². The smallest absolute Gasteiger partial charge is 0.126 e. The molecule has 2 atom stereocenters. The minimum atomic E-state index is -0.292. The molecule has 0 amide bonds. The molecule has 0 unspecified atom stereocenters. The lowest BCUT2D eigenvalue weighted by molar-refractivity contribution is -0.121. The Morgan fingerprint density at radius 3 is 2.16 bits per heavy atom. The molecule has 0 heterocycles. The summed E-state index contributed by atoms with van der Waals surface area (Å²) in [5.41, 5.74) is 0.929. The third-order valence-electron chi connectivity index (χ3n) is 4.53. The number of carbonyl (C=O) groups is 1. The van der Waals surface area contributed by atoms with Crippen LogP contribution in [0, 0.1) is 10.8 Å². The first-order chi connectivity index (χ1) is 8.85. The van der Waals surface area contributed by atoms with Gasteiger partial charge in [-0.1, -0.05) is 57.8 Å². The lowest BCUT2D eigenvalue weighted by atomic mass is 9.62. The van der Waals surface area contributed by atoms with Gasteiger partial charge >= 0.3 is 0 Å². The van der Waals surface area contributed by atoms with Gasteiger partial charge in [0.2, 0.25) is 0 Å². The highest BCUT2D eigenvalue weighted by Crippen LogP contribution is 2.46. The Bertz CT molecular complexity index is 312. The summed E-state index contributed by atoms with van der Waals surface area (Å²) in [6, 6.07) is 0. The van der Waals surface area contributed by atoms with Gasteiger partial charge in [-0.25, -0.2) is 0 Å². The monoisotopic (exact) mass is 264 g/mol. The van der Waals surface area contributed by atoms with E-state index < -0.39 is 0 Å². The first-order valence-electron chi connectivity index (χ1n) is 7.58. The van der Waals surface area contributed by atoms with E-state index in [1.54, 1.807) is 0 Å². The fourth-order valence-corrected chi connectivity index (χ4v) is 2.50. The quantitative estimate of drug-likeness (QED) is 0.280.